The van der Waals surface area contributed by atoms with Crippen molar-refractivity contribution in [3.05, 3.63) is 0 Å². The molecule has 1 N–H and O–H groups in total. The van der Waals surface area contributed by atoms with Crippen molar-refractivity contribution in [1.82, 2.24) is 0 Å². The molecule has 2 rings (SSSR count). The predicted octanol–water partition coefficient (Wildman–Crippen LogP) is 2.91. The molecule has 0 spiro atoms. The molecule has 0 heterocycles. The average Bonchev–Trinajstić information content (AvgIpc) is 2.62. The van der Waals surface area contributed by atoms with E-state index in [1.807, 2.05) is 0 Å². The van der Waals surface area contributed by atoms with Crippen LogP contribution in [0.15, 0.2) is 5.16 Å². The van der Waals surface area contributed by atoms with E-state index in [2.05, 4.69) is 25.9 Å². The van der Waals surface area contributed by atoms with Gasteiger partial charge >= 0.3 is 0 Å². The van der Waals surface area contributed by atoms with Gasteiger partial charge in [0.2, 0.25) is 0 Å². The predicted molar refractivity (Wildman–Crippen MR) is 53.0 cm³/mol. The quantitative estimate of drug-likeness (QED) is 0.489. The van der Waals surface area contributed by atoms with Crippen molar-refractivity contribution in [2.75, 3.05) is 0 Å². The molecule has 2 aliphatic carbocycles. The zero-order valence-electron chi connectivity index (χ0n) is 8.75. The Hall–Kier alpha value is -0.530. The molecular formula is C11H19NO. The maximum Gasteiger partial charge on any atom is 0.0665 e. The minimum atomic E-state index is 0.178. The van der Waals surface area contributed by atoms with Crippen molar-refractivity contribution >= 4 is 5.71 Å². The molecule has 0 aromatic heterocycles. The molecule has 74 valence electrons. The van der Waals surface area contributed by atoms with Crippen molar-refractivity contribution in [3.8, 4) is 0 Å². The maximum atomic E-state index is 9.06. The molecule has 3 atom stereocenters. The molecule has 0 amide bonds. The van der Waals surface area contributed by atoms with Crippen LogP contribution in [0, 0.1) is 23.2 Å². The fourth-order valence-corrected chi connectivity index (χ4v) is 3.38. The van der Waals surface area contributed by atoms with Gasteiger partial charge in [-0.1, -0.05) is 25.9 Å². The van der Waals surface area contributed by atoms with Crippen LogP contribution in [-0.4, -0.2) is 10.9 Å². The summed E-state index contributed by atoms with van der Waals surface area (Å²) in [6, 6.07) is 0. The van der Waals surface area contributed by atoms with E-state index in [-0.39, 0.29) is 5.41 Å². The molecule has 0 radical (unpaired) electrons. The fourth-order valence-electron chi connectivity index (χ4n) is 3.38. The Labute approximate surface area is 80.0 Å². The van der Waals surface area contributed by atoms with Crippen LogP contribution in [0.25, 0.3) is 0 Å². The van der Waals surface area contributed by atoms with Crippen LogP contribution < -0.4 is 0 Å². The van der Waals surface area contributed by atoms with Crippen LogP contribution in [0.3, 0.4) is 0 Å². The van der Waals surface area contributed by atoms with Gasteiger partial charge in [0.05, 0.1) is 5.71 Å². The first-order valence-electron chi connectivity index (χ1n) is 5.33. The topological polar surface area (TPSA) is 32.6 Å². The van der Waals surface area contributed by atoms with Gasteiger partial charge in [0.1, 0.15) is 0 Å². The summed E-state index contributed by atoms with van der Waals surface area (Å²) in [7, 11) is 0. The van der Waals surface area contributed by atoms with E-state index in [0.717, 1.165) is 11.6 Å². The molecule has 2 saturated carbocycles. The van der Waals surface area contributed by atoms with Gasteiger partial charge in [0, 0.05) is 11.3 Å². The van der Waals surface area contributed by atoms with Gasteiger partial charge in [-0.2, -0.15) is 0 Å². The molecule has 2 fully saturated rings. The van der Waals surface area contributed by atoms with Gasteiger partial charge < -0.3 is 5.21 Å². The summed E-state index contributed by atoms with van der Waals surface area (Å²) in [6.45, 7) is 6.76. The van der Waals surface area contributed by atoms with E-state index < -0.39 is 0 Å². The van der Waals surface area contributed by atoms with Gasteiger partial charge in [0.15, 0.2) is 0 Å². The first-order valence-corrected chi connectivity index (χ1v) is 5.33. The largest absolute Gasteiger partial charge is 0.411 e. The van der Waals surface area contributed by atoms with Crippen LogP contribution in [0.2, 0.25) is 0 Å². The zero-order chi connectivity index (χ0) is 9.64. The van der Waals surface area contributed by atoms with Crippen molar-refractivity contribution in [3.63, 3.8) is 0 Å². The van der Waals surface area contributed by atoms with Crippen LogP contribution >= 0.6 is 0 Å². The van der Waals surface area contributed by atoms with Crippen molar-refractivity contribution < 1.29 is 5.21 Å². The second kappa shape index (κ2) is 2.73. The van der Waals surface area contributed by atoms with Crippen molar-refractivity contribution in [2.24, 2.45) is 28.3 Å². The summed E-state index contributed by atoms with van der Waals surface area (Å²) in [6.07, 6.45) is 3.83. The van der Waals surface area contributed by atoms with Crippen LogP contribution in [0.1, 0.15) is 40.0 Å². The first-order chi connectivity index (χ1) is 6.10. The molecule has 0 aromatic carbocycles. The van der Waals surface area contributed by atoms with Gasteiger partial charge in [-0.15, -0.1) is 0 Å². The van der Waals surface area contributed by atoms with Gasteiger partial charge in [-0.05, 0) is 31.1 Å². The monoisotopic (exact) mass is 181 g/mol. The Bertz CT molecular complexity index is 246. The highest BCUT2D eigenvalue weighted by molar-refractivity contribution is 5.95. The first kappa shape index (κ1) is 9.04. The molecule has 0 saturated heterocycles. The third-order valence-electron chi connectivity index (χ3n) is 4.53. The van der Waals surface area contributed by atoms with E-state index in [4.69, 9.17) is 5.21 Å². The molecular weight excluding hydrogens is 162 g/mol. The van der Waals surface area contributed by atoms with E-state index in [0.29, 0.717) is 11.8 Å². The Morgan fingerprint density at radius 3 is 2.62 bits per heavy atom. The highest BCUT2D eigenvalue weighted by Crippen LogP contribution is 2.56. The Morgan fingerprint density at radius 2 is 2.15 bits per heavy atom. The summed E-state index contributed by atoms with van der Waals surface area (Å²) in [5.74, 6) is 1.94. The highest BCUT2D eigenvalue weighted by atomic mass is 16.4. The smallest absolute Gasteiger partial charge is 0.0665 e. The normalized spacial score (nSPS) is 46.6. The lowest BCUT2D eigenvalue weighted by Gasteiger charge is -2.38. The Morgan fingerprint density at radius 1 is 1.46 bits per heavy atom. The van der Waals surface area contributed by atoms with Crippen LogP contribution in [0.5, 0.6) is 0 Å². The third-order valence-corrected chi connectivity index (χ3v) is 4.53. The molecule has 0 aliphatic heterocycles. The Balaban J connectivity index is 2.37. The van der Waals surface area contributed by atoms with Crippen molar-refractivity contribution in [1.29, 1.82) is 0 Å². The molecule has 0 aromatic rings. The summed E-state index contributed by atoms with van der Waals surface area (Å²) < 4.78 is 0. The summed E-state index contributed by atoms with van der Waals surface area (Å²) in [5, 5.41) is 12.6. The molecule has 2 nitrogen and oxygen atoms in total. The highest BCUT2D eigenvalue weighted by Gasteiger charge is 2.54. The van der Waals surface area contributed by atoms with Gasteiger partial charge in [0.25, 0.3) is 0 Å². The number of rotatable bonds is 1. The number of fused-ring (bicyclic) bond motifs is 2. The number of hydrogen-bond acceptors (Lipinski definition) is 2. The lowest BCUT2D eigenvalue weighted by molar-refractivity contribution is 0.206. The van der Waals surface area contributed by atoms with E-state index >= 15 is 0 Å². The molecule has 2 aliphatic rings. The van der Waals surface area contributed by atoms with E-state index in [1.54, 1.807) is 0 Å². The lowest BCUT2D eigenvalue weighted by Crippen LogP contribution is -2.38. The van der Waals surface area contributed by atoms with E-state index in [1.165, 1.54) is 19.3 Å². The number of oxime groups is 1. The molecule has 13 heavy (non-hydrogen) atoms. The molecule has 2 bridgehead atoms. The standard InChI is InChI=1S/C11H19NO/c1-7(2)11(3)9-5-4-8(6-9)10(11)12-13/h7-9,13H,4-6H2,1-3H3/b12-10-/t8?,9-,11+/m0/s1. The van der Waals surface area contributed by atoms with Gasteiger partial charge in [-0.3, -0.25) is 0 Å². The summed E-state index contributed by atoms with van der Waals surface area (Å²) in [4.78, 5) is 0. The Kier molecular flexibility index (Phi) is 1.90. The minimum Gasteiger partial charge on any atom is -0.411 e. The zero-order valence-corrected chi connectivity index (χ0v) is 8.75. The van der Waals surface area contributed by atoms with Crippen LogP contribution in [-0.2, 0) is 0 Å². The van der Waals surface area contributed by atoms with Gasteiger partial charge in [-0.25, -0.2) is 0 Å². The lowest BCUT2D eigenvalue weighted by atomic mass is 9.66. The average molecular weight is 181 g/mol. The fraction of sp³-hybridized carbons (Fsp3) is 0.909. The minimum absolute atomic E-state index is 0.178. The number of hydrogen-bond donors (Lipinski definition) is 1. The summed E-state index contributed by atoms with van der Waals surface area (Å²) in [5.41, 5.74) is 1.26. The molecule has 2 heteroatoms. The summed E-state index contributed by atoms with van der Waals surface area (Å²) >= 11 is 0. The second-order valence-electron chi connectivity index (χ2n) is 5.13. The SMILES string of the molecule is CC(C)[C@@]1(C)/C(=N\O)C2CC[C@H]1C2. The molecule has 1 unspecified atom stereocenters. The van der Waals surface area contributed by atoms with E-state index in [9.17, 15) is 0 Å². The second-order valence-corrected chi connectivity index (χ2v) is 5.13. The maximum absolute atomic E-state index is 9.06. The third kappa shape index (κ3) is 0.976. The van der Waals surface area contributed by atoms with Crippen molar-refractivity contribution in [2.45, 2.75) is 40.0 Å². The van der Waals surface area contributed by atoms with Crippen LogP contribution in [0.4, 0.5) is 0 Å². The number of nitrogens with zero attached hydrogens (tertiary/aromatic N) is 1.